The van der Waals surface area contributed by atoms with Gasteiger partial charge in [0.05, 0.1) is 10.9 Å². The number of hydrogen-bond donors (Lipinski definition) is 2. The van der Waals surface area contributed by atoms with E-state index in [-0.39, 0.29) is 23.1 Å². The SMILES string of the molecule is CC[C@H](CCC(C)SC1=C/C(=C/C(C)Cl)C(=NCC2C=CC(c3ccc(CN=O)cc3)=CC2)N1)C(=O)O. The van der Waals surface area contributed by atoms with Gasteiger partial charge in [0.15, 0.2) is 0 Å². The number of benzene rings is 1. The largest absolute Gasteiger partial charge is 0.481 e. The van der Waals surface area contributed by atoms with Crippen LogP contribution in [0.4, 0.5) is 0 Å². The zero-order valence-electron chi connectivity index (χ0n) is 21.7. The molecule has 0 aromatic heterocycles. The molecule has 3 unspecified atom stereocenters. The minimum Gasteiger partial charge on any atom is -0.481 e. The van der Waals surface area contributed by atoms with Crippen LogP contribution in [0.3, 0.4) is 0 Å². The van der Waals surface area contributed by atoms with E-state index in [2.05, 4.69) is 41.7 Å². The number of aliphatic carboxylic acids is 1. The summed E-state index contributed by atoms with van der Waals surface area (Å²) < 4.78 is 0. The van der Waals surface area contributed by atoms with E-state index in [9.17, 15) is 14.8 Å². The van der Waals surface area contributed by atoms with Gasteiger partial charge in [0.1, 0.15) is 12.4 Å². The van der Waals surface area contributed by atoms with E-state index in [0.29, 0.717) is 25.3 Å². The number of rotatable bonds is 13. The molecule has 37 heavy (non-hydrogen) atoms. The summed E-state index contributed by atoms with van der Waals surface area (Å²) in [6.45, 7) is 6.85. The lowest BCUT2D eigenvalue weighted by atomic mass is 9.92. The average molecular weight is 542 g/mol. The molecule has 0 saturated carbocycles. The van der Waals surface area contributed by atoms with Crippen molar-refractivity contribution in [1.29, 1.82) is 0 Å². The maximum atomic E-state index is 11.3. The molecule has 2 N–H and O–H groups in total. The second kappa shape index (κ2) is 14.3. The molecule has 0 radical (unpaired) electrons. The first kappa shape index (κ1) is 28.9. The minimum absolute atomic E-state index is 0.116. The number of nitrogens with one attached hydrogen (secondary N) is 1. The van der Waals surface area contributed by atoms with Crippen LogP contribution in [0.25, 0.3) is 5.57 Å². The third-order valence-corrected chi connectivity index (χ3v) is 7.75. The predicted octanol–water partition coefficient (Wildman–Crippen LogP) is 7.32. The Kier molecular flexibility index (Phi) is 11.2. The molecule has 0 spiro atoms. The van der Waals surface area contributed by atoms with Gasteiger partial charge in [0.2, 0.25) is 0 Å². The van der Waals surface area contributed by atoms with Crippen molar-refractivity contribution in [3.63, 3.8) is 0 Å². The molecule has 6 nitrogen and oxygen atoms in total. The molecule has 1 aliphatic carbocycles. The van der Waals surface area contributed by atoms with Crippen molar-refractivity contribution in [2.75, 3.05) is 6.54 Å². The van der Waals surface area contributed by atoms with Crippen molar-refractivity contribution in [2.24, 2.45) is 22.0 Å². The molecular weight excluding hydrogens is 506 g/mol. The monoisotopic (exact) mass is 541 g/mol. The van der Waals surface area contributed by atoms with Crippen molar-refractivity contribution in [2.45, 2.75) is 63.6 Å². The summed E-state index contributed by atoms with van der Waals surface area (Å²) in [6.07, 6.45) is 13.8. The van der Waals surface area contributed by atoms with E-state index >= 15 is 0 Å². The highest BCUT2D eigenvalue weighted by atomic mass is 35.5. The Morgan fingerprint density at radius 3 is 2.62 bits per heavy atom. The molecule has 2 aliphatic rings. The average Bonchev–Trinajstić information content (AvgIpc) is 3.23. The Bertz CT molecular complexity index is 1110. The lowest BCUT2D eigenvalue weighted by Gasteiger charge is -2.16. The number of aliphatic imine (C=N–C) groups is 1. The summed E-state index contributed by atoms with van der Waals surface area (Å²) in [6, 6.07) is 7.94. The quantitative estimate of drug-likeness (QED) is 0.201. The second-order valence-electron chi connectivity index (χ2n) is 9.57. The number of amidine groups is 1. The third kappa shape index (κ3) is 9.00. The molecule has 0 saturated heterocycles. The van der Waals surface area contributed by atoms with E-state index in [1.807, 2.05) is 44.2 Å². The Balaban J connectivity index is 1.57. The highest BCUT2D eigenvalue weighted by Gasteiger charge is 2.21. The number of allylic oxidation sites excluding steroid dienone is 4. The van der Waals surface area contributed by atoms with Crippen LogP contribution < -0.4 is 5.32 Å². The van der Waals surface area contributed by atoms with Crippen LogP contribution in [0.15, 0.2) is 75.4 Å². The van der Waals surface area contributed by atoms with E-state index in [1.54, 1.807) is 11.8 Å². The Morgan fingerprint density at radius 1 is 1.27 bits per heavy atom. The van der Waals surface area contributed by atoms with E-state index < -0.39 is 5.97 Å². The predicted molar refractivity (Wildman–Crippen MR) is 156 cm³/mol. The third-order valence-electron chi connectivity index (χ3n) is 6.51. The van der Waals surface area contributed by atoms with E-state index in [4.69, 9.17) is 16.6 Å². The smallest absolute Gasteiger partial charge is 0.306 e. The Labute approximate surface area is 229 Å². The highest BCUT2D eigenvalue weighted by Crippen LogP contribution is 2.30. The number of halogens is 1. The molecule has 3 rings (SSSR count). The normalized spacial score (nSPS) is 21.8. The zero-order valence-corrected chi connectivity index (χ0v) is 23.3. The van der Waals surface area contributed by atoms with Gasteiger partial charge in [-0.2, -0.15) is 4.91 Å². The van der Waals surface area contributed by atoms with Crippen molar-refractivity contribution < 1.29 is 9.90 Å². The van der Waals surface area contributed by atoms with Gasteiger partial charge in [0.25, 0.3) is 0 Å². The van der Waals surface area contributed by atoms with Crippen molar-refractivity contribution >= 4 is 40.7 Å². The van der Waals surface area contributed by atoms with Crippen molar-refractivity contribution in [3.8, 4) is 0 Å². The summed E-state index contributed by atoms with van der Waals surface area (Å²) in [5, 5.41) is 16.9. The lowest BCUT2D eigenvalue weighted by Crippen LogP contribution is -2.20. The van der Waals surface area contributed by atoms with Crippen LogP contribution in [-0.4, -0.2) is 34.1 Å². The summed E-state index contributed by atoms with van der Waals surface area (Å²) in [4.78, 5) is 26.7. The van der Waals surface area contributed by atoms with Crippen LogP contribution >= 0.6 is 23.4 Å². The van der Waals surface area contributed by atoms with Gasteiger partial charge in [0, 0.05) is 28.7 Å². The maximum absolute atomic E-state index is 11.3. The van der Waals surface area contributed by atoms with Gasteiger partial charge in [-0.05, 0) is 55.4 Å². The molecule has 1 heterocycles. The molecule has 198 valence electrons. The molecular formula is C29H36ClN3O3S. The van der Waals surface area contributed by atoms with Crippen LogP contribution in [0.5, 0.6) is 0 Å². The molecule has 1 aliphatic heterocycles. The minimum atomic E-state index is -0.711. The van der Waals surface area contributed by atoms with Crippen molar-refractivity contribution in [3.05, 3.63) is 81.3 Å². The number of carboxylic acids is 1. The van der Waals surface area contributed by atoms with Gasteiger partial charge in [-0.1, -0.05) is 67.6 Å². The summed E-state index contributed by atoms with van der Waals surface area (Å²) in [5.74, 6) is 0.151. The first-order valence-electron chi connectivity index (χ1n) is 12.8. The second-order valence-corrected chi connectivity index (χ2v) is 11.7. The van der Waals surface area contributed by atoms with Crippen molar-refractivity contribution in [1.82, 2.24) is 5.32 Å². The van der Waals surface area contributed by atoms with E-state index in [0.717, 1.165) is 40.4 Å². The summed E-state index contributed by atoms with van der Waals surface area (Å²) in [7, 11) is 0. The molecule has 1 aromatic carbocycles. The number of hydrogen-bond acceptors (Lipinski definition) is 5. The first-order chi connectivity index (χ1) is 17.8. The number of nitrogens with zero attached hydrogens (tertiary/aromatic N) is 2. The first-order valence-corrected chi connectivity index (χ1v) is 14.2. The van der Waals surface area contributed by atoms with E-state index in [1.165, 1.54) is 5.57 Å². The number of alkyl halides is 1. The van der Waals surface area contributed by atoms with Crippen LogP contribution in [0.2, 0.25) is 0 Å². The van der Waals surface area contributed by atoms with Gasteiger partial charge in [-0.25, -0.2) is 0 Å². The topological polar surface area (TPSA) is 91.1 Å². The Morgan fingerprint density at radius 2 is 2.03 bits per heavy atom. The van der Waals surface area contributed by atoms with Crippen LogP contribution in [0.1, 0.15) is 57.6 Å². The van der Waals surface area contributed by atoms with Crippen LogP contribution in [0, 0.1) is 16.7 Å². The van der Waals surface area contributed by atoms with Gasteiger partial charge in [-0.3, -0.25) is 9.79 Å². The zero-order chi connectivity index (χ0) is 26.8. The molecule has 0 fully saturated rings. The highest BCUT2D eigenvalue weighted by molar-refractivity contribution is 8.03. The fraction of sp³-hybridized carbons (Fsp3) is 0.448. The fourth-order valence-corrected chi connectivity index (χ4v) is 5.49. The number of nitroso groups, excluding NO2 is 1. The standard InChI is InChI=1S/C29H36ClN3O3S/c1-4-23(29(34)35)10-5-20(3)37-27-16-26(15-19(2)30)28(33-27)31-17-21-6-11-24(12-7-21)25-13-8-22(9-14-25)18-32-36/h6,8-9,11-16,19-21,23H,4-5,7,10,17-18H2,1-3H3,(H,31,33)(H,34,35)/b26-15-/t19?,20?,21?,23-/m1/s1. The maximum Gasteiger partial charge on any atom is 0.306 e. The number of carboxylic acid groups (broad SMARTS) is 1. The van der Waals surface area contributed by atoms with Crippen LogP contribution in [-0.2, 0) is 11.3 Å². The summed E-state index contributed by atoms with van der Waals surface area (Å²) >= 11 is 7.98. The number of thioether (sulfide) groups is 1. The van der Waals surface area contributed by atoms with Gasteiger partial charge >= 0.3 is 5.97 Å². The molecule has 4 atom stereocenters. The van der Waals surface area contributed by atoms with Gasteiger partial charge < -0.3 is 10.4 Å². The number of carbonyl (C=O) groups is 1. The fourth-order valence-electron chi connectivity index (χ4n) is 4.32. The molecule has 0 bridgehead atoms. The molecule has 1 aromatic rings. The van der Waals surface area contributed by atoms with Gasteiger partial charge in [-0.15, -0.1) is 23.4 Å². The molecule has 0 amide bonds. The Hall–Kier alpha value is -2.64. The molecule has 8 heteroatoms. The summed E-state index contributed by atoms with van der Waals surface area (Å²) in [5.41, 5.74) is 4.21. The lowest BCUT2D eigenvalue weighted by molar-refractivity contribution is -0.142.